The molecule has 2 aromatic carbocycles. The third-order valence-corrected chi connectivity index (χ3v) is 6.81. The number of tetrazole rings is 1. The van der Waals surface area contributed by atoms with Crippen LogP contribution in [0.2, 0.25) is 0 Å². The second kappa shape index (κ2) is 11.2. The molecule has 36 heavy (non-hydrogen) atoms. The normalized spacial score (nSPS) is 12.1. The molecular weight excluding hydrogens is 474 g/mol. The number of nitrogens with zero attached hydrogens (tertiary/aromatic N) is 5. The van der Waals surface area contributed by atoms with Crippen LogP contribution in [-0.2, 0) is 19.6 Å². The Morgan fingerprint density at radius 3 is 2.53 bits per heavy atom. The van der Waals surface area contributed by atoms with E-state index in [1.165, 1.54) is 4.88 Å². The van der Waals surface area contributed by atoms with Gasteiger partial charge in [-0.25, -0.2) is 4.68 Å². The molecule has 9 heteroatoms. The Balaban J connectivity index is 1.61. The third kappa shape index (κ3) is 5.32. The molecule has 0 saturated carbocycles. The average Bonchev–Trinajstić information content (AvgIpc) is 3.70. The molecule has 0 bridgehead atoms. The zero-order valence-electron chi connectivity index (χ0n) is 20.2. The van der Waals surface area contributed by atoms with Gasteiger partial charge in [0.15, 0.2) is 17.3 Å². The van der Waals surface area contributed by atoms with Crippen molar-refractivity contribution in [3.8, 4) is 11.5 Å². The maximum Gasteiger partial charge on any atom is 0.173 e. The van der Waals surface area contributed by atoms with Gasteiger partial charge in [0.25, 0.3) is 0 Å². The number of thiophene rings is 1. The molecule has 1 atom stereocenters. The molecule has 3 aromatic heterocycles. The molecule has 1 unspecified atom stereocenters. The van der Waals surface area contributed by atoms with Gasteiger partial charge in [-0.2, -0.15) is 0 Å². The van der Waals surface area contributed by atoms with E-state index in [0.29, 0.717) is 31.1 Å². The highest BCUT2D eigenvalue weighted by atomic mass is 32.1. The lowest BCUT2D eigenvalue weighted by atomic mass is 10.0. The van der Waals surface area contributed by atoms with Crippen molar-refractivity contribution in [2.75, 3.05) is 14.2 Å². The van der Waals surface area contributed by atoms with E-state index in [1.54, 1.807) is 31.8 Å². The van der Waals surface area contributed by atoms with Crippen molar-refractivity contribution in [3.05, 3.63) is 112 Å². The summed E-state index contributed by atoms with van der Waals surface area (Å²) in [5.74, 6) is 2.91. The summed E-state index contributed by atoms with van der Waals surface area (Å²) in [5, 5.41) is 15.1. The highest BCUT2D eigenvalue weighted by molar-refractivity contribution is 7.09. The molecule has 0 aliphatic rings. The van der Waals surface area contributed by atoms with Crippen LogP contribution < -0.4 is 9.47 Å². The smallest absolute Gasteiger partial charge is 0.173 e. The summed E-state index contributed by atoms with van der Waals surface area (Å²) >= 11 is 1.72. The Kier molecular flexibility index (Phi) is 7.39. The monoisotopic (exact) mass is 501 g/mol. The summed E-state index contributed by atoms with van der Waals surface area (Å²) in [5.41, 5.74) is 2.10. The first-order valence-corrected chi connectivity index (χ1v) is 12.4. The summed E-state index contributed by atoms with van der Waals surface area (Å²) in [7, 11) is 3.28. The van der Waals surface area contributed by atoms with E-state index >= 15 is 0 Å². The lowest BCUT2D eigenvalue weighted by molar-refractivity contribution is 0.181. The molecule has 5 rings (SSSR count). The first kappa shape index (κ1) is 23.8. The van der Waals surface area contributed by atoms with E-state index < -0.39 is 0 Å². The van der Waals surface area contributed by atoms with Gasteiger partial charge in [-0.15, -0.1) is 16.4 Å². The number of furan rings is 1. The Morgan fingerprint density at radius 2 is 1.81 bits per heavy atom. The largest absolute Gasteiger partial charge is 0.493 e. The van der Waals surface area contributed by atoms with E-state index in [4.69, 9.17) is 13.9 Å². The molecule has 0 N–H and O–H groups in total. The topological polar surface area (TPSA) is 78.4 Å². The van der Waals surface area contributed by atoms with E-state index in [0.717, 1.165) is 22.7 Å². The fourth-order valence-corrected chi connectivity index (χ4v) is 5.00. The lowest BCUT2D eigenvalue weighted by Gasteiger charge is -2.30. The van der Waals surface area contributed by atoms with Crippen LogP contribution in [0.4, 0.5) is 0 Å². The van der Waals surface area contributed by atoms with Crippen LogP contribution in [0.15, 0.2) is 88.9 Å². The van der Waals surface area contributed by atoms with Gasteiger partial charge in [0, 0.05) is 11.4 Å². The number of rotatable bonds is 11. The average molecular weight is 502 g/mol. The molecular formula is C27H27N5O3S. The molecule has 0 aliphatic carbocycles. The highest BCUT2D eigenvalue weighted by Crippen LogP contribution is 2.36. The minimum absolute atomic E-state index is 0.282. The molecule has 0 spiro atoms. The van der Waals surface area contributed by atoms with Crippen molar-refractivity contribution in [2.24, 2.45) is 0 Å². The van der Waals surface area contributed by atoms with E-state index in [2.05, 4.69) is 50.1 Å². The molecule has 0 aliphatic heterocycles. The molecule has 0 radical (unpaired) electrons. The highest BCUT2D eigenvalue weighted by Gasteiger charge is 2.30. The van der Waals surface area contributed by atoms with Crippen LogP contribution in [0, 0.1) is 0 Å². The van der Waals surface area contributed by atoms with Crippen LogP contribution in [0.3, 0.4) is 0 Å². The van der Waals surface area contributed by atoms with Crippen LogP contribution in [0.5, 0.6) is 11.5 Å². The van der Waals surface area contributed by atoms with Gasteiger partial charge in [0.1, 0.15) is 5.76 Å². The molecule has 0 amide bonds. The van der Waals surface area contributed by atoms with Gasteiger partial charge in [-0.1, -0.05) is 42.5 Å². The number of hydrogen-bond donors (Lipinski definition) is 0. The van der Waals surface area contributed by atoms with Gasteiger partial charge in [0.2, 0.25) is 0 Å². The SMILES string of the molecule is COc1ccc(C(c2nnnn2Cc2ccccc2)N(Cc2ccco2)Cc2cccs2)cc1OC. The second-order valence-corrected chi connectivity index (χ2v) is 9.29. The number of methoxy groups -OCH3 is 2. The van der Waals surface area contributed by atoms with Crippen molar-refractivity contribution in [1.29, 1.82) is 0 Å². The minimum Gasteiger partial charge on any atom is -0.493 e. The predicted molar refractivity (Wildman–Crippen MR) is 137 cm³/mol. The maximum absolute atomic E-state index is 5.75. The number of ether oxygens (including phenoxy) is 2. The number of benzene rings is 2. The molecule has 0 saturated heterocycles. The molecule has 184 valence electrons. The predicted octanol–water partition coefficient (Wildman–Crippen LogP) is 5.18. The fraction of sp³-hybridized carbons (Fsp3) is 0.222. The summed E-state index contributed by atoms with van der Waals surface area (Å²) in [6.07, 6.45) is 1.70. The van der Waals surface area contributed by atoms with Crippen LogP contribution in [0.25, 0.3) is 0 Å². The Hall–Kier alpha value is -3.95. The molecule has 8 nitrogen and oxygen atoms in total. The summed E-state index contributed by atoms with van der Waals surface area (Å²) in [4.78, 5) is 3.55. The Morgan fingerprint density at radius 1 is 0.944 bits per heavy atom. The van der Waals surface area contributed by atoms with Crippen molar-refractivity contribution in [1.82, 2.24) is 25.1 Å². The Bertz CT molecular complexity index is 1320. The summed E-state index contributed by atoms with van der Waals surface area (Å²) in [6, 6.07) is 24.0. The molecule has 5 aromatic rings. The number of aromatic nitrogens is 4. The van der Waals surface area contributed by atoms with Crippen LogP contribution in [-0.4, -0.2) is 39.3 Å². The van der Waals surface area contributed by atoms with Crippen LogP contribution >= 0.6 is 11.3 Å². The summed E-state index contributed by atoms with van der Waals surface area (Å²) < 4.78 is 18.8. The van der Waals surface area contributed by atoms with Gasteiger partial charge in [-0.3, -0.25) is 4.90 Å². The first-order chi connectivity index (χ1) is 17.7. The lowest BCUT2D eigenvalue weighted by Crippen LogP contribution is -2.31. The van der Waals surface area contributed by atoms with E-state index in [-0.39, 0.29) is 6.04 Å². The van der Waals surface area contributed by atoms with Crippen molar-refractivity contribution in [3.63, 3.8) is 0 Å². The van der Waals surface area contributed by atoms with Gasteiger partial charge in [-0.05, 0) is 57.3 Å². The van der Waals surface area contributed by atoms with Gasteiger partial charge in [0.05, 0.1) is 39.6 Å². The zero-order valence-corrected chi connectivity index (χ0v) is 21.0. The maximum atomic E-state index is 5.75. The zero-order chi connectivity index (χ0) is 24.7. The standard InChI is InChI=1S/C27H27N5O3S/c1-33-24-13-12-21(16-25(24)34-2)26(27-28-29-30-32(27)17-20-8-4-3-5-9-20)31(18-22-10-6-14-35-22)19-23-11-7-15-36-23/h3-16,26H,17-19H2,1-2H3. The minimum atomic E-state index is -0.282. The number of hydrogen-bond acceptors (Lipinski definition) is 8. The second-order valence-electron chi connectivity index (χ2n) is 8.26. The van der Waals surface area contributed by atoms with Gasteiger partial charge < -0.3 is 13.9 Å². The Labute approximate surface area is 213 Å². The fourth-order valence-electron chi connectivity index (χ4n) is 4.27. The van der Waals surface area contributed by atoms with E-state index in [1.807, 2.05) is 53.2 Å². The van der Waals surface area contributed by atoms with Crippen molar-refractivity contribution >= 4 is 11.3 Å². The van der Waals surface area contributed by atoms with Crippen molar-refractivity contribution < 1.29 is 13.9 Å². The quantitative estimate of drug-likeness (QED) is 0.247. The summed E-state index contributed by atoms with van der Waals surface area (Å²) in [6.45, 7) is 1.82. The van der Waals surface area contributed by atoms with Crippen molar-refractivity contribution in [2.45, 2.75) is 25.7 Å². The molecule has 0 fully saturated rings. The third-order valence-electron chi connectivity index (χ3n) is 5.95. The van der Waals surface area contributed by atoms with Gasteiger partial charge >= 0.3 is 0 Å². The molecule has 3 heterocycles. The van der Waals surface area contributed by atoms with E-state index in [9.17, 15) is 0 Å². The first-order valence-electron chi connectivity index (χ1n) is 11.6. The van der Waals surface area contributed by atoms with Crippen LogP contribution in [0.1, 0.15) is 33.6 Å².